The molecule has 11 fully saturated rings. The van der Waals surface area contributed by atoms with E-state index in [9.17, 15) is 178 Å². The van der Waals surface area contributed by atoms with Gasteiger partial charge in [0.15, 0.2) is 69.2 Å². The van der Waals surface area contributed by atoms with Gasteiger partial charge in [-0.25, -0.2) is 0 Å². The number of rotatable bonds is 32. The molecule has 55 atom stereocenters. The average Bonchev–Trinajstić information content (AvgIpc) is 0.751. The zero-order chi connectivity index (χ0) is 91.7. The summed E-state index contributed by atoms with van der Waals surface area (Å²) in [5.41, 5.74) is 0. The van der Waals surface area contributed by atoms with E-state index in [0.717, 1.165) is 6.92 Å². The number of hydrogen-bond acceptors (Lipinski definition) is 56. The van der Waals surface area contributed by atoms with Crippen molar-refractivity contribution in [3.63, 3.8) is 0 Å². The predicted molar refractivity (Wildman–Crippen MR) is 374 cm³/mol. The minimum absolute atomic E-state index is 0.879. The van der Waals surface area contributed by atoms with Crippen molar-refractivity contribution in [3.05, 3.63) is 0 Å². The Bertz CT molecular complexity index is 3250. The van der Waals surface area contributed by atoms with Gasteiger partial charge in [-0.15, -0.1) is 0 Å². The lowest BCUT2D eigenvalue weighted by molar-refractivity contribution is -0.413. The van der Waals surface area contributed by atoms with Crippen LogP contribution in [0.2, 0.25) is 0 Å². The van der Waals surface area contributed by atoms with Gasteiger partial charge in [0.2, 0.25) is 5.91 Å². The molecule has 1 amide bonds. The lowest BCUT2D eigenvalue weighted by Gasteiger charge is -2.51. The molecule has 0 aromatic rings. The third-order valence-corrected chi connectivity index (χ3v) is 23.4. The lowest BCUT2D eigenvalue weighted by Crippen LogP contribution is -2.69. The largest absolute Gasteiger partial charge is 0.394 e. The van der Waals surface area contributed by atoms with Crippen LogP contribution in [0.3, 0.4) is 0 Å². The van der Waals surface area contributed by atoms with E-state index >= 15 is 0 Å². The number of carbonyl (C=O) groups is 1. The first-order valence-electron chi connectivity index (χ1n) is 39.7. The van der Waals surface area contributed by atoms with Gasteiger partial charge in [-0.2, -0.15) is 0 Å². The molecule has 57 heteroatoms. The second-order valence-corrected chi connectivity index (χ2v) is 31.6. The number of nitrogens with one attached hydrogen (secondary N) is 1. The molecule has 35 N–H and O–H groups in total. The molecule has 11 aliphatic heterocycles. The van der Waals surface area contributed by atoms with Crippen LogP contribution in [0.25, 0.3) is 0 Å². The molecule has 0 aromatic heterocycles. The summed E-state index contributed by atoms with van der Waals surface area (Å²) in [5, 5.41) is 379. The van der Waals surface area contributed by atoms with Crippen molar-refractivity contribution in [2.45, 2.75) is 345 Å². The molecule has 0 spiro atoms. The van der Waals surface area contributed by atoms with Crippen LogP contribution in [0.1, 0.15) is 6.92 Å². The van der Waals surface area contributed by atoms with E-state index in [1.54, 1.807) is 0 Å². The van der Waals surface area contributed by atoms with Crippen LogP contribution >= 0.6 is 0 Å². The first-order valence-corrected chi connectivity index (χ1v) is 39.7. The molecule has 11 aliphatic rings. The van der Waals surface area contributed by atoms with Crippen LogP contribution < -0.4 is 5.32 Å². The Labute approximate surface area is 704 Å². The number of ether oxygens (including phenoxy) is 21. The third-order valence-electron chi connectivity index (χ3n) is 23.4. The highest BCUT2D eigenvalue weighted by atomic mass is 16.8. The summed E-state index contributed by atoms with van der Waals surface area (Å²) in [6.45, 7) is -11.6. The number of hydrogen-bond donors (Lipinski definition) is 35. The highest BCUT2D eigenvalue weighted by Crippen LogP contribution is 2.42. The van der Waals surface area contributed by atoms with Gasteiger partial charge in [-0.1, -0.05) is 0 Å². The Kier molecular flexibility index (Phi) is 36.7. The average molecular weight is 1840 g/mol. The van der Waals surface area contributed by atoms with Gasteiger partial charge in [0.1, 0.15) is 269 Å². The summed E-state index contributed by atoms with van der Waals surface area (Å²) in [4.78, 5) is 12.4. The summed E-state index contributed by atoms with van der Waals surface area (Å²) < 4.78 is 122. The minimum Gasteiger partial charge on any atom is -0.394 e. The molecular weight excluding hydrogens is 1730 g/mol. The maximum absolute atomic E-state index is 12.5. The summed E-state index contributed by atoms with van der Waals surface area (Å²) in [5.74, 6) is -0.879. The van der Waals surface area contributed by atoms with E-state index in [0.29, 0.717) is 0 Å². The van der Waals surface area contributed by atoms with Crippen molar-refractivity contribution >= 4 is 5.91 Å². The highest BCUT2D eigenvalue weighted by Gasteiger charge is 2.63. The fourth-order valence-electron chi connectivity index (χ4n) is 16.1. The first-order chi connectivity index (χ1) is 59.3. The van der Waals surface area contributed by atoms with Crippen molar-refractivity contribution in [1.82, 2.24) is 5.32 Å². The topological polar surface area (TPSA) is 911 Å². The van der Waals surface area contributed by atoms with Crippen LogP contribution in [0.15, 0.2) is 0 Å². The molecule has 11 heterocycles. The van der Waals surface area contributed by atoms with E-state index in [2.05, 4.69) is 5.32 Å². The molecule has 57 nitrogen and oxygen atoms in total. The third kappa shape index (κ3) is 21.7. The Morgan fingerprint density at radius 2 is 0.416 bits per heavy atom. The zero-order valence-electron chi connectivity index (χ0n) is 65.7. The van der Waals surface area contributed by atoms with Crippen molar-refractivity contribution in [2.24, 2.45) is 0 Å². The van der Waals surface area contributed by atoms with Crippen molar-refractivity contribution < 1.29 is 278 Å². The Morgan fingerprint density at radius 1 is 0.208 bits per heavy atom. The normalized spacial score (nSPS) is 52.7. The summed E-state index contributed by atoms with van der Waals surface area (Å²) in [7, 11) is 0. The van der Waals surface area contributed by atoms with Gasteiger partial charge < -0.3 is 278 Å². The quantitative estimate of drug-likeness (QED) is 0.0297. The summed E-state index contributed by atoms with van der Waals surface area (Å²) in [6, 6.07) is -1.80. The van der Waals surface area contributed by atoms with Gasteiger partial charge in [0, 0.05) is 6.92 Å². The van der Waals surface area contributed by atoms with Crippen LogP contribution in [-0.4, -0.2) is 590 Å². The standard InChI is InChI=1S/C68H115NO56/c1-13(80)69-25-36(91)49(23(11-79)106-58(25)104)117-64-48(103)53(35(90)24(116-64)12-105-59-45(100)50(32(87)20(8-76)107-59)119-65-54(39(94)28(83)16(4-72)112-65)122-60-43(98)37(92)26(81)14(2-70)108-60)121-67-57(42(97)31(86)18(6-74)114-67)125-68-56(41(96)30(85)19(7-75)115-68)124-63-46(101)51(33(88)21(9-77)111-63)118-62-47(102)52(34(89)22(10-78)110-62)120-66-55(40(95)29(84)17(5-73)113-66)123-61-44(99)38(93)27(82)15(3-71)109-61/h14-68,70-79,81-104H,2-12H2,1H3,(H,69,80)/t14-,15-,16-,17-,18-,19-,20-,21-,22-,23-,24-,25-,26-,27-,28-,29-,30-,31-,32-,33-,34-,35-,36-,37+,38+,39-,40+,41+,42+,43+,44-,45+,46+,47-,48+,49-,50+,51+,52+,53+,54+,55-,56+,57+,58-,59+,60-,61-,62-,63-,64+,65-,66-,67-,68-/m1/s1. The predicted octanol–water partition coefficient (Wildman–Crippen LogP) is -24.8. The van der Waals surface area contributed by atoms with Crippen molar-refractivity contribution in [3.8, 4) is 0 Å². The number of aliphatic hydroxyl groups excluding tert-OH is 34. The lowest BCUT2D eigenvalue weighted by atomic mass is 9.94. The van der Waals surface area contributed by atoms with Gasteiger partial charge in [-0.3, -0.25) is 4.79 Å². The molecule has 0 unspecified atom stereocenters. The van der Waals surface area contributed by atoms with E-state index in [1.807, 2.05) is 0 Å². The molecule has 0 saturated carbocycles. The molecule has 11 saturated heterocycles. The fourth-order valence-corrected chi connectivity index (χ4v) is 16.1. The fraction of sp³-hybridized carbons (Fsp3) is 0.985. The molecule has 728 valence electrons. The molecule has 0 radical (unpaired) electrons. The first kappa shape index (κ1) is 103. The Hall–Kier alpha value is -2.73. The second kappa shape index (κ2) is 44.6. The summed E-state index contributed by atoms with van der Waals surface area (Å²) >= 11 is 0. The van der Waals surface area contributed by atoms with Crippen molar-refractivity contribution in [1.29, 1.82) is 0 Å². The molecule has 125 heavy (non-hydrogen) atoms. The van der Waals surface area contributed by atoms with Crippen LogP contribution in [0, 0.1) is 0 Å². The maximum atomic E-state index is 12.5. The van der Waals surface area contributed by atoms with Gasteiger partial charge >= 0.3 is 0 Å². The monoisotopic (exact) mass is 1840 g/mol. The number of aliphatic hydroxyl groups is 34. The van der Waals surface area contributed by atoms with Crippen LogP contribution in [-0.2, 0) is 104 Å². The van der Waals surface area contributed by atoms with E-state index in [1.165, 1.54) is 0 Å². The van der Waals surface area contributed by atoms with E-state index < -0.39 is 416 Å². The molecular formula is C68H115NO56. The van der Waals surface area contributed by atoms with Gasteiger partial charge in [-0.05, 0) is 0 Å². The van der Waals surface area contributed by atoms with Crippen molar-refractivity contribution in [2.75, 3.05) is 72.7 Å². The highest BCUT2D eigenvalue weighted by molar-refractivity contribution is 5.73. The van der Waals surface area contributed by atoms with Crippen LogP contribution in [0.4, 0.5) is 0 Å². The second-order valence-electron chi connectivity index (χ2n) is 31.6. The molecule has 0 aromatic carbocycles. The van der Waals surface area contributed by atoms with Gasteiger partial charge in [0.25, 0.3) is 0 Å². The van der Waals surface area contributed by atoms with Crippen LogP contribution in [0.5, 0.6) is 0 Å². The van der Waals surface area contributed by atoms with E-state index in [-0.39, 0.29) is 0 Å². The van der Waals surface area contributed by atoms with E-state index in [4.69, 9.17) is 99.5 Å². The molecule has 0 bridgehead atoms. The van der Waals surface area contributed by atoms with Gasteiger partial charge in [0.05, 0.1) is 72.7 Å². The SMILES string of the molecule is CC(=O)N[C@@H]1[C@@H](O)[C@H](O[C@@H]2O[C@H](CO[C@H]3O[C@H](CO)[C@@H](O)[C@H](O[C@H]4O[C@H](CO)[C@@H](O)[C@@H](O)[C@@H]4O[C@H]4O[C@H](CO)[C@@H](O)[C@H](O)[C@@H]4O)[C@@H]3O)[C@@H](O)[C@H](O[C@H]3O[C@H](CO)[C@@H](O)[C@H](O)[C@@H]3O[C@H]3O[C@H](CO)[C@@H](O)[C@H](O)[C@@H]3O[C@H]3O[C@H](CO)[C@@H](O)[C@H](O[C@H]4O[C@H](CO)[C@@H](O)[C@H](O[C@H]5O[C@H](CO)[C@@H](O)[C@H](O)[C@H]5O[C@H]5O[C@H](CO)[C@@H](O)[C@H](O)[C@H]5O)[C@H]4O)[C@@H]3O)[C@@H]2O)[C@@H](CO)O[C@H]1O. The molecule has 0 aliphatic carbocycles. The minimum atomic E-state index is -2.58. The number of carbonyl (C=O) groups excluding carboxylic acids is 1. The Morgan fingerprint density at radius 3 is 0.704 bits per heavy atom. The zero-order valence-corrected chi connectivity index (χ0v) is 65.7. The number of amides is 1. The summed E-state index contributed by atoms with van der Waals surface area (Å²) in [6.07, 6.45) is -118. The molecule has 11 rings (SSSR count). The maximum Gasteiger partial charge on any atom is 0.217 e. The smallest absolute Gasteiger partial charge is 0.217 e. The Balaban J connectivity index is 0.860.